The predicted molar refractivity (Wildman–Crippen MR) is 66.0 cm³/mol. The van der Waals surface area contributed by atoms with Crippen LogP contribution < -0.4 is 21.6 Å². The molecule has 0 saturated heterocycles. The number of hydrogen-bond acceptors (Lipinski definition) is 3. The molecule has 17 heavy (non-hydrogen) atoms. The smallest absolute Gasteiger partial charge is 0.264 e. The van der Waals surface area contributed by atoms with Crippen molar-refractivity contribution in [3.8, 4) is 5.75 Å². The molecule has 0 spiro atoms. The molecule has 6 nitrogen and oxygen atoms in total. The lowest BCUT2D eigenvalue weighted by atomic mass is 10.2. The molecule has 0 bridgehead atoms. The topological polar surface area (TPSA) is 103 Å². The van der Waals surface area contributed by atoms with Crippen molar-refractivity contribution in [2.24, 2.45) is 16.6 Å². The summed E-state index contributed by atoms with van der Waals surface area (Å²) in [5.74, 6) is 0.150. The van der Waals surface area contributed by atoms with Gasteiger partial charge in [-0.15, -0.1) is 5.10 Å². The first-order valence-corrected chi connectivity index (χ1v) is 4.82. The van der Waals surface area contributed by atoms with Crippen LogP contribution in [0.2, 0.25) is 0 Å². The Hall–Kier alpha value is -2.50. The highest BCUT2D eigenvalue weighted by molar-refractivity contribution is 5.92. The van der Waals surface area contributed by atoms with Crippen LogP contribution in [0.1, 0.15) is 5.56 Å². The van der Waals surface area contributed by atoms with E-state index >= 15 is 0 Å². The largest absolute Gasteiger partial charge is 0.497 e. The van der Waals surface area contributed by atoms with Gasteiger partial charge in [-0.25, -0.2) is 5.43 Å². The second-order valence-corrected chi connectivity index (χ2v) is 3.12. The molecule has 0 radical (unpaired) electrons. The molecule has 0 fully saturated rings. The van der Waals surface area contributed by atoms with Crippen LogP contribution in [-0.2, 0) is 4.79 Å². The molecular weight excluding hydrogens is 220 g/mol. The van der Waals surface area contributed by atoms with E-state index in [9.17, 15) is 4.79 Å². The number of nitrogens with two attached hydrogens (primary N) is 2. The number of guanidine groups is 1. The molecule has 0 saturated carbocycles. The van der Waals surface area contributed by atoms with Gasteiger partial charge in [-0.1, -0.05) is 12.1 Å². The van der Waals surface area contributed by atoms with E-state index in [-0.39, 0.29) is 5.96 Å². The third-order valence-corrected chi connectivity index (χ3v) is 1.84. The lowest BCUT2D eigenvalue weighted by Gasteiger charge is -1.99. The number of hydrazone groups is 1. The fraction of sp³-hybridized carbons (Fsp3) is 0.0909. The van der Waals surface area contributed by atoms with E-state index in [4.69, 9.17) is 16.2 Å². The van der Waals surface area contributed by atoms with Crippen molar-refractivity contribution in [1.29, 1.82) is 0 Å². The van der Waals surface area contributed by atoms with Crippen molar-refractivity contribution in [1.82, 2.24) is 5.43 Å². The zero-order chi connectivity index (χ0) is 12.7. The summed E-state index contributed by atoms with van der Waals surface area (Å²) in [6.07, 6.45) is 2.96. The number of methoxy groups -OCH3 is 1. The summed E-state index contributed by atoms with van der Waals surface area (Å²) in [7, 11) is 1.59. The number of carbonyl (C=O) groups excluding carboxylic acids is 1. The van der Waals surface area contributed by atoms with Gasteiger partial charge in [0.15, 0.2) is 0 Å². The number of amides is 1. The minimum atomic E-state index is -0.408. The molecule has 0 aliphatic rings. The quantitative estimate of drug-likeness (QED) is 0.295. The Balaban J connectivity index is 2.57. The molecule has 90 valence electrons. The number of ether oxygens (including phenoxy) is 1. The SMILES string of the molecule is COc1ccc(/C=C/C(=O)NN=C(N)N)cc1. The average molecular weight is 234 g/mol. The number of nitrogens with zero attached hydrogens (tertiary/aromatic N) is 1. The molecule has 0 unspecified atom stereocenters. The molecular formula is C11H14N4O2. The highest BCUT2D eigenvalue weighted by Crippen LogP contribution is 2.11. The van der Waals surface area contributed by atoms with E-state index in [1.807, 2.05) is 12.1 Å². The Kier molecular flexibility index (Phi) is 4.56. The minimum absolute atomic E-state index is 0.198. The third-order valence-electron chi connectivity index (χ3n) is 1.84. The number of hydrogen-bond donors (Lipinski definition) is 3. The number of carbonyl (C=O) groups is 1. The van der Waals surface area contributed by atoms with Gasteiger partial charge in [-0.05, 0) is 23.8 Å². The van der Waals surface area contributed by atoms with Crippen molar-refractivity contribution >= 4 is 17.9 Å². The summed E-state index contributed by atoms with van der Waals surface area (Å²) in [5.41, 5.74) is 13.1. The van der Waals surface area contributed by atoms with Gasteiger partial charge < -0.3 is 16.2 Å². The number of rotatable bonds is 4. The summed E-state index contributed by atoms with van der Waals surface area (Å²) in [6.45, 7) is 0. The van der Waals surface area contributed by atoms with Gasteiger partial charge in [0, 0.05) is 6.08 Å². The standard InChI is InChI=1S/C11H14N4O2/c1-17-9-5-2-8(3-6-9)4-7-10(16)14-15-11(12)13/h2-7H,1H3,(H,14,16)(H4,12,13,15)/b7-4+. The molecule has 5 N–H and O–H groups in total. The first kappa shape index (κ1) is 12.6. The van der Waals surface area contributed by atoms with Gasteiger partial charge in [-0.2, -0.15) is 0 Å². The lowest BCUT2D eigenvalue weighted by Crippen LogP contribution is -2.28. The zero-order valence-electron chi connectivity index (χ0n) is 9.38. The first-order chi connectivity index (χ1) is 8.11. The van der Waals surface area contributed by atoms with Gasteiger partial charge in [-0.3, -0.25) is 4.79 Å². The number of nitrogens with one attached hydrogen (secondary N) is 1. The van der Waals surface area contributed by atoms with Crippen LogP contribution in [-0.4, -0.2) is 19.0 Å². The third kappa shape index (κ3) is 4.70. The van der Waals surface area contributed by atoms with Crippen molar-refractivity contribution in [3.05, 3.63) is 35.9 Å². The van der Waals surface area contributed by atoms with E-state index in [0.717, 1.165) is 11.3 Å². The maximum atomic E-state index is 11.2. The van der Waals surface area contributed by atoms with E-state index < -0.39 is 5.91 Å². The average Bonchev–Trinajstić information content (AvgIpc) is 2.34. The van der Waals surface area contributed by atoms with Gasteiger partial charge in [0.25, 0.3) is 5.91 Å². The molecule has 1 amide bonds. The van der Waals surface area contributed by atoms with Crippen molar-refractivity contribution < 1.29 is 9.53 Å². The molecule has 1 rings (SSSR count). The highest BCUT2D eigenvalue weighted by Gasteiger charge is 1.94. The van der Waals surface area contributed by atoms with E-state index in [0.29, 0.717) is 0 Å². The van der Waals surface area contributed by atoms with Crippen molar-refractivity contribution in [3.63, 3.8) is 0 Å². The summed E-state index contributed by atoms with van der Waals surface area (Å²) in [5, 5.41) is 3.37. The molecule has 1 aromatic carbocycles. The Labute approximate surface area is 98.9 Å². The second kappa shape index (κ2) is 6.16. The predicted octanol–water partition coefficient (Wildman–Crippen LogP) is 0.0130. The maximum Gasteiger partial charge on any atom is 0.264 e. The molecule has 0 aliphatic carbocycles. The first-order valence-electron chi connectivity index (χ1n) is 4.82. The summed E-state index contributed by atoms with van der Waals surface area (Å²) < 4.78 is 5.01. The van der Waals surface area contributed by atoms with Gasteiger partial charge in [0.1, 0.15) is 5.75 Å². The monoisotopic (exact) mass is 234 g/mol. The van der Waals surface area contributed by atoms with Crippen LogP contribution in [0.15, 0.2) is 35.4 Å². The molecule has 0 atom stereocenters. The Morgan fingerprint density at radius 2 is 2.00 bits per heavy atom. The molecule has 0 aromatic heterocycles. The zero-order valence-corrected chi connectivity index (χ0v) is 9.38. The van der Waals surface area contributed by atoms with E-state index in [2.05, 4.69) is 10.5 Å². The van der Waals surface area contributed by atoms with E-state index in [1.54, 1.807) is 25.3 Å². The maximum absolute atomic E-state index is 11.2. The Morgan fingerprint density at radius 1 is 1.35 bits per heavy atom. The van der Waals surface area contributed by atoms with Crippen molar-refractivity contribution in [2.75, 3.05) is 7.11 Å². The normalized spacial score (nSPS) is 9.94. The second-order valence-electron chi connectivity index (χ2n) is 3.12. The fourth-order valence-electron chi connectivity index (χ4n) is 1.04. The summed E-state index contributed by atoms with van der Waals surface area (Å²) >= 11 is 0. The summed E-state index contributed by atoms with van der Waals surface area (Å²) in [4.78, 5) is 11.2. The molecule has 1 aromatic rings. The van der Waals surface area contributed by atoms with Gasteiger partial charge >= 0.3 is 0 Å². The minimum Gasteiger partial charge on any atom is -0.497 e. The van der Waals surface area contributed by atoms with Crippen LogP contribution in [0.25, 0.3) is 6.08 Å². The van der Waals surface area contributed by atoms with Crippen LogP contribution >= 0.6 is 0 Å². The fourth-order valence-corrected chi connectivity index (χ4v) is 1.04. The summed E-state index contributed by atoms with van der Waals surface area (Å²) in [6, 6.07) is 7.24. The van der Waals surface area contributed by atoms with Crippen LogP contribution in [0.5, 0.6) is 5.75 Å². The van der Waals surface area contributed by atoms with Crippen LogP contribution in [0, 0.1) is 0 Å². The number of benzene rings is 1. The van der Waals surface area contributed by atoms with Crippen LogP contribution in [0.3, 0.4) is 0 Å². The van der Waals surface area contributed by atoms with Crippen LogP contribution in [0.4, 0.5) is 0 Å². The molecule has 0 heterocycles. The van der Waals surface area contributed by atoms with Gasteiger partial charge in [0.05, 0.1) is 7.11 Å². The Morgan fingerprint density at radius 3 is 2.53 bits per heavy atom. The van der Waals surface area contributed by atoms with E-state index in [1.165, 1.54) is 6.08 Å². The van der Waals surface area contributed by atoms with Gasteiger partial charge in [0.2, 0.25) is 5.96 Å². The Bertz CT molecular complexity index is 433. The molecule has 0 aliphatic heterocycles. The molecule has 6 heteroatoms. The van der Waals surface area contributed by atoms with Crippen molar-refractivity contribution in [2.45, 2.75) is 0 Å². The highest BCUT2D eigenvalue weighted by atomic mass is 16.5. The lowest BCUT2D eigenvalue weighted by molar-refractivity contribution is -0.116.